The Morgan fingerprint density at radius 3 is 2.52 bits per heavy atom. The van der Waals surface area contributed by atoms with Gasteiger partial charge in [0.15, 0.2) is 8.32 Å². The third-order valence-corrected chi connectivity index (χ3v) is 17.2. The van der Waals surface area contributed by atoms with E-state index >= 15 is 0 Å². The van der Waals surface area contributed by atoms with Crippen molar-refractivity contribution in [2.75, 3.05) is 31.6 Å². The molecule has 5 aliphatic rings. The number of carbonyl (C=O) groups is 6. The molecule has 0 spiro atoms. The summed E-state index contributed by atoms with van der Waals surface area (Å²) in [6.07, 6.45) is 8.91. The largest absolute Gasteiger partial charge is 0.462 e. The van der Waals surface area contributed by atoms with Gasteiger partial charge in [0.25, 0.3) is 11.8 Å². The van der Waals surface area contributed by atoms with Crippen molar-refractivity contribution in [3.63, 3.8) is 0 Å². The summed E-state index contributed by atoms with van der Waals surface area (Å²) in [7, 11) is -2.05. The molecule has 2 saturated heterocycles. The van der Waals surface area contributed by atoms with Crippen molar-refractivity contribution in [3.05, 3.63) is 53.1 Å². The summed E-state index contributed by atoms with van der Waals surface area (Å²) in [5.41, 5.74) is 2.00. The monoisotopic (exact) mass is 820 g/mol. The normalized spacial score (nSPS) is 28.6. The van der Waals surface area contributed by atoms with Gasteiger partial charge in [0.1, 0.15) is 18.2 Å². The molecule has 3 heterocycles. The fraction of sp³-hybridized carbons (Fsp3) is 0.628. The Balaban J connectivity index is 0.960. The van der Waals surface area contributed by atoms with Gasteiger partial charge < -0.3 is 29.3 Å². The summed E-state index contributed by atoms with van der Waals surface area (Å²) in [4.78, 5) is 77.3. The Hall–Kier alpha value is -4.34. The Kier molecular flexibility index (Phi) is 13.3. The first kappa shape index (κ1) is 43.2. The fourth-order valence-corrected chi connectivity index (χ4v) is 10.1. The van der Waals surface area contributed by atoms with E-state index in [9.17, 15) is 28.8 Å². The van der Waals surface area contributed by atoms with E-state index in [0.717, 1.165) is 17.7 Å². The second-order valence-corrected chi connectivity index (χ2v) is 22.8. The number of nitrogens with zero attached hydrogens (tertiary/aromatic N) is 1. The van der Waals surface area contributed by atoms with E-state index in [2.05, 4.69) is 81.9 Å². The molecule has 2 fully saturated rings. The second-order valence-electron chi connectivity index (χ2n) is 18.0. The third-order valence-electron chi connectivity index (χ3n) is 12.7. The predicted molar refractivity (Wildman–Crippen MR) is 218 cm³/mol. The van der Waals surface area contributed by atoms with Crippen molar-refractivity contribution < 1.29 is 47.4 Å². The summed E-state index contributed by atoms with van der Waals surface area (Å²) < 4.78 is 24.4. The minimum absolute atomic E-state index is 0.0283. The van der Waals surface area contributed by atoms with Crippen LogP contribution in [0.4, 0.5) is 10.5 Å². The lowest BCUT2D eigenvalue weighted by molar-refractivity contribution is -0.160. The average molecular weight is 821 g/mol. The molecule has 3 aliphatic heterocycles. The molecular weight excluding hydrogens is 761 g/mol. The molecular formula is C43H60N4O10Si. The van der Waals surface area contributed by atoms with Crippen LogP contribution in [0.1, 0.15) is 100 Å². The highest BCUT2D eigenvalue weighted by atomic mass is 28.4. The molecule has 0 saturated carbocycles. The number of anilines is 1. The Morgan fingerprint density at radius 1 is 1.02 bits per heavy atom. The van der Waals surface area contributed by atoms with Crippen LogP contribution < -0.4 is 16.0 Å². The third kappa shape index (κ3) is 9.74. The van der Waals surface area contributed by atoms with Crippen LogP contribution in [0, 0.1) is 23.7 Å². The molecule has 0 bridgehead atoms. The number of fused-ring (bicyclic) bond motifs is 2. The number of ether oxygens (including phenoxy) is 3. The molecule has 1 aromatic rings. The van der Waals surface area contributed by atoms with Crippen LogP contribution in [0.15, 0.2) is 42.0 Å². The highest BCUT2D eigenvalue weighted by Gasteiger charge is 2.46. The first-order chi connectivity index (χ1) is 27.4. The molecule has 5 amide bonds. The van der Waals surface area contributed by atoms with Crippen molar-refractivity contribution in [3.8, 4) is 0 Å². The zero-order chi connectivity index (χ0) is 41.9. The van der Waals surface area contributed by atoms with Gasteiger partial charge in [-0.15, -0.1) is 0 Å². The number of rotatable bonds is 14. The lowest BCUT2D eigenvalue weighted by atomic mass is 9.65. The highest BCUT2D eigenvalue weighted by Crippen LogP contribution is 2.46. The number of nitrogens with one attached hydrogen (secondary N) is 3. The number of amides is 5. The highest BCUT2D eigenvalue weighted by molar-refractivity contribution is 6.74. The van der Waals surface area contributed by atoms with Gasteiger partial charge >= 0.3 is 12.1 Å². The van der Waals surface area contributed by atoms with Gasteiger partial charge in [-0.3, -0.25) is 34.2 Å². The number of imide groups is 2. The lowest BCUT2D eigenvalue weighted by Gasteiger charge is -2.44. The van der Waals surface area contributed by atoms with Crippen LogP contribution in [0.25, 0.3) is 0 Å². The summed E-state index contributed by atoms with van der Waals surface area (Å²) in [6, 6.07) is 3.84. The topological polar surface area (TPSA) is 179 Å². The van der Waals surface area contributed by atoms with Gasteiger partial charge in [-0.1, -0.05) is 58.9 Å². The van der Waals surface area contributed by atoms with Gasteiger partial charge in [-0.25, -0.2) is 4.79 Å². The first-order valence-electron chi connectivity index (χ1n) is 20.8. The van der Waals surface area contributed by atoms with Crippen LogP contribution >= 0.6 is 0 Å². The first-order valence-corrected chi connectivity index (χ1v) is 23.7. The number of carbonyl (C=O) groups excluding carboxylic acids is 6. The van der Waals surface area contributed by atoms with E-state index in [1.165, 1.54) is 5.57 Å². The zero-order valence-corrected chi connectivity index (χ0v) is 35.9. The van der Waals surface area contributed by atoms with E-state index in [-0.39, 0.29) is 96.7 Å². The smallest absolute Gasteiger partial charge is 0.407 e. The minimum atomic E-state index is -2.05. The number of cyclic esters (lactones) is 1. The van der Waals surface area contributed by atoms with Crippen molar-refractivity contribution in [2.24, 2.45) is 23.7 Å². The molecule has 2 aliphatic carbocycles. The quantitative estimate of drug-likeness (QED) is 0.0882. The number of hydrogen-bond acceptors (Lipinski definition) is 11. The molecule has 14 nitrogen and oxygen atoms in total. The van der Waals surface area contributed by atoms with Gasteiger partial charge in [0.2, 0.25) is 11.8 Å². The van der Waals surface area contributed by atoms with Crippen molar-refractivity contribution in [2.45, 2.75) is 122 Å². The van der Waals surface area contributed by atoms with Crippen molar-refractivity contribution in [1.29, 1.82) is 0 Å². The van der Waals surface area contributed by atoms with Crippen LogP contribution in [0.5, 0.6) is 0 Å². The molecule has 8 atom stereocenters. The van der Waals surface area contributed by atoms with Gasteiger partial charge in [0.05, 0.1) is 36.9 Å². The van der Waals surface area contributed by atoms with Crippen LogP contribution in [-0.4, -0.2) is 99.6 Å². The second kappa shape index (κ2) is 17.9. The standard InChI is InChI=1S/C43H60N4O10Si/c1-25-21-27-12-11-26(2)30(14-13-28-23-29(24-36(49)55-28)57-58(6,7)43(3,4)5)37(27)34(22-25)56-42(53)45-18-20-54-19-17-44-32-10-8-9-31-38(32)41(52)47(40(31)51)33-15-16-35(48)46-39(33)50/h8-12,21,25-26,28-30,33-34,37,44H,13-20,22-24H2,1-7H3,(H,45,53)(H,46,48,50)/t25-,26-,28+,29+,30-,33?,34-,37-/m0/s1. The summed E-state index contributed by atoms with van der Waals surface area (Å²) in [5, 5.41) is 8.23. The maximum atomic E-state index is 13.3. The molecule has 15 heteroatoms. The SMILES string of the molecule is C[C@H]1C=C2C=C[C@H](C)[C@H](CC[C@@H]3C[C@@H](O[Si](C)(C)C(C)(C)C)CC(=O)O3)[C@H]2[C@@H](OC(=O)NCCOCCNc2cccc3c2C(=O)N(C2CCC(=O)NC2=O)C3=O)C1. The van der Waals surface area contributed by atoms with E-state index in [1.54, 1.807) is 18.2 Å². The number of benzene rings is 1. The van der Waals surface area contributed by atoms with Crippen LogP contribution in [0.2, 0.25) is 18.1 Å². The van der Waals surface area contributed by atoms with Crippen LogP contribution in [0.3, 0.4) is 0 Å². The molecule has 6 rings (SSSR count). The van der Waals surface area contributed by atoms with E-state index in [1.807, 2.05) is 0 Å². The van der Waals surface area contributed by atoms with E-state index < -0.39 is 44.1 Å². The van der Waals surface area contributed by atoms with Gasteiger partial charge in [-0.05, 0) is 79.3 Å². The maximum Gasteiger partial charge on any atom is 0.407 e. The predicted octanol–water partition coefficient (Wildman–Crippen LogP) is 5.89. The Labute approximate surface area is 342 Å². The molecule has 0 aromatic heterocycles. The number of hydrogen-bond donors (Lipinski definition) is 3. The van der Waals surface area contributed by atoms with Crippen molar-refractivity contribution >= 4 is 49.7 Å². The summed E-state index contributed by atoms with van der Waals surface area (Å²) in [6.45, 7) is 16.4. The van der Waals surface area contributed by atoms with Crippen LogP contribution in [-0.2, 0) is 33.0 Å². The maximum absolute atomic E-state index is 13.3. The van der Waals surface area contributed by atoms with Gasteiger partial charge in [-0.2, -0.15) is 0 Å². The number of allylic oxidation sites excluding steroid dienone is 3. The minimum Gasteiger partial charge on any atom is -0.462 e. The molecule has 1 unspecified atom stereocenters. The summed E-state index contributed by atoms with van der Waals surface area (Å²) in [5.74, 6) is -1.71. The molecule has 1 aromatic carbocycles. The fourth-order valence-electron chi connectivity index (χ4n) is 8.73. The van der Waals surface area contributed by atoms with Gasteiger partial charge in [0, 0.05) is 37.5 Å². The van der Waals surface area contributed by atoms with E-state index in [0.29, 0.717) is 31.5 Å². The molecule has 0 radical (unpaired) electrons. The number of alkyl carbamates (subject to hydrolysis) is 1. The number of esters is 1. The molecule has 58 heavy (non-hydrogen) atoms. The zero-order valence-electron chi connectivity index (χ0n) is 34.9. The van der Waals surface area contributed by atoms with E-state index in [4.69, 9.17) is 18.6 Å². The molecule has 316 valence electrons. The Morgan fingerprint density at radius 2 is 1.78 bits per heavy atom. The van der Waals surface area contributed by atoms with Crippen molar-refractivity contribution in [1.82, 2.24) is 15.5 Å². The lowest BCUT2D eigenvalue weighted by Crippen LogP contribution is -2.54. The molecule has 3 N–H and O–H groups in total. The summed E-state index contributed by atoms with van der Waals surface area (Å²) >= 11 is 0. The average Bonchev–Trinajstić information content (AvgIpc) is 3.39. The number of piperidine rings is 1. The Bertz CT molecular complexity index is 1840.